The molecule has 0 aliphatic carbocycles. The summed E-state index contributed by atoms with van der Waals surface area (Å²) in [4.78, 5) is 2.23. The minimum Gasteiger partial charge on any atom is -0.492 e. The third-order valence-electron chi connectivity index (χ3n) is 4.90. The third-order valence-corrected chi connectivity index (χ3v) is 4.90. The molecule has 0 radical (unpaired) electrons. The predicted molar refractivity (Wildman–Crippen MR) is 114 cm³/mol. The predicted octanol–water partition coefficient (Wildman–Crippen LogP) is 2.63. The van der Waals surface area contributed by atoms with Crippen LogP contribution in [-0.4, -0.2) is 41.8 Å². The molecule has 0 fully saturated rings. The van der Waals surface area contributed by atoms with Gasteiger partial charge < -0.3 is 14.8 Å². The number of benzene rings is 3. The molecule has 0 saturated heterocycles. The van der Waals surface area contributed by atoms with Crippen LogP contribution < -0.4 is 10.2 Å². The standard InChI is InChI=1S/C23H25BFNO3/c1-26(16-19-10-6-3-7-11-19)20(14-18-8-4-2-5-9-18)17-29-21-12-13-22(24(27)28)23(25)15-21/h2-13,15,20,27-28H,14,16-17H2,1H3/t20-/m1/s1. The second kappa shape index (κ2) is 10.2. The zero-order chi connectivity index (χ0) is 20.6. The Hall–Kier alpha value is -2.67. The van der Waals surface area contributed by atoms with Crippen molar-refractivity contribution in [3.05, 3.63) is 95.8 Å². The minimum absolute atomic E-state index is 0.0729. The molecule has 6 heteroatoms. The van der Waals surface area contributed by atoms with E-state index in [0.29, 0.717) is 12.4 Å². The molecule has 3 rings (SSSR count). The largest absolute Gasteiger partial charge is 0.492 e. The Bertz CT molecular complexity index is 893. The van der Waals surface area contributed by atoms with E-state index >= 15 is 0 Å². The maximum atomic E-state index is 14.0. The van der Waals surface area contributed by atoms with Crippen LogP contribution in [-0.2, 0) is 13.0 Å². The van der Waals surface area contributed by atoms with Gasteiger partial charge in [0.2, 0.25) is 0 Å². The topological polar surface area (TPSA) is 52.9 Å². The molecule has 3 aromatic carbocycles. The monoisotopic (exact) mass is 393 g/mol. The fraction of sp³-hybridized carbons (Fsp3) is 0.217. The van der Waals surface area contributed by atoms with Gasteiger partial charge in [-0.1, -0.05) is 66.7 Å². The van der Waals surface area contributed by atoms with E-state index in [1.807, 2.05) is 36.4 Å². The number of ether oxygens (including phenoxy) is 1. The maximum Gasteiger partial charge on any atom is 0.491 e. The van der Waals surface area contributed by atoms with Gasteiger partial charge in [-0.3, -0.25) is 4.90 Å². The van der Waals surface area contributed by atoms with Crippen molar-refractivity contribution in [2.45, 2.75) is 19.0 Å². The van der Waals surface area contributed by atoms with Gasteiger partial charge in [-0.25, -0.2) is 4.39 Å². The van der Waals surface area contributed by atoms with Crippen LogP contribution in [0.1, 0.15) is 11.1 Å². The lowest BCUT2D eigenvalue weighted by Gasteiger charge is -2.28. The Kier molecular flexibility index (Phi) is 7.41. The van der Waals surface area contributed by atoms with Crippen molar-refractivity contribution in [2.75, 3.05) is 13.7 Å². The molecule has 150 valence electrons. The SMILES string of the molecule is CN(Cc1ccccc1)[C@@H](COc1ccc(B(O)O)c(F)c1)Cc1ccccc1. The highest BCUT2D eigenvalue weighted by Gasteiger charge is 2.19. The quantitative estimate of drug-likeness (QED) is 0.549. The summed E-state index contributed by atoms with van der Waals surface area (Å²) in [5.41, 5.74) is 2.24. The average molecular weight is 393 g/mol. The third kappa shape index (κ3) is 6.16. The van der Waals surface area contributed by atoms with E-state index in [0.717, 1.165) is 13.0 Å². The Balaban J connectivity index is 1.71. The molecule has 0 aliphatic rings. The van der Waals surface area contributed by atoms with Crippen molar-refractivity contribution in [3.63, 3.8) is 0 Å². The molecular formula is C23H25BFNO3. The van der Waals surface area contributed by atoms with E-state index in [4.69, 9.17) is 14.8 Å². The van der Waals surface area contributed by atoms with E-state index in [2.05, 4.69) is 36.2 Å². The number of nitrogens with zero attached hydrogens (tertiary/aromatic N) is 1. The van der Waals surface area contributed by atoms with Crippen LogP contribution in [0.15, 0.2) is 78.9 Å². The van der Waals surface area contributed by atoms with E-state index in [1.54, 1.807) is 6.07 Å². The van der Waals surface area contributed by atoms with Gasteiger partial charge in [0.25, 0.3) is 0 Å². The lowest BCUT2D eigenvalue weighted by atomic mass is 9.80. The highest BCUT2D eigenvalue weighted by molar-refractivity contribution is 6.58. The first kappa shape index (κ1) is 21.1. The van der Waals surface area contributed by atoms with Crippen LogP contribution in [0, 0.1) is 5.82 Å². The van der Waals surface area contributed by atoms with Crippen LogP contribution >= 0.6 is 0 Å². The van der Waals surface area contributed by atoms with Crippen molar-refractivity contribution in [1.29, 1.82) is 0 Å². The molecule has 0 spiro atoms. The van der Waals surface area contributed by atoms with Gasteiger partial charge >= 0.3 is 7.12 Å². The normalized spacial score (nSPS) is 12.0. The van der Waals surface area contributed by atoms with Gasteiger partial charge in [0.1, 0.15) is 18.2 Å². The van der Waals surface area contributed by atoms with Gasteiger partial charge in [0.15, 0.2) is 0 Å². The summed E-state index contributed by atoms with van der Waals surface area (Å²) in [6.45, 7) is 1.14. The zero-order valence-corrected chi connectivity index (χ0v) is 16.4. The highest BCUT2D eigenvalue weighted by atomic mass is 19.1. The lowest BCUT2D eigenvalue weighted by Crippen LogP contribution is -2.38. The van der Waals surface area contributed by atoms with Crippen LogP contribution in [0.25, 0.3) is 0 Å². The fourth-order valence-corrected chi connectivity index (χ4v) is 3.23. The summed E-state index contributed by atoms with van der Waals surface area (Å²) >= 11 is 0. The molecule has 0 amide bonds. The molecule has 0 bridgehead atoms. The Morgan fingerprint density at radius 2 is 1.55 bits per heavy atom. The number of halogens is 1. The summed E-state index contributed by atoms with van der Waals surface area (Å²) < 4.78 is 19.9. The number of hydrogen-bond acceptors (Lipinski definition) is 4. The molecule has 1 atom stereocenters. The lowest BCUT2D eigenvalue weighted by molar-refractivity contribution is 0.154. The van der Waals surface area contributed by atoms with Gasteiger partial charge in [0.05, 0.1) is 0 Å². The van der Waals surface area contributed by atoms with Crippen LogP contribution in [0.4, 0.5) is 4.39 Å². The fourth-order valence-electron chi connectivity index (χ4n) is 3.23. The molecule has 0 saturated carbocycles. The number of likely N-dealkylation sites (N-methyl/N-ethyl adjacent to an activating group) is 1. The Morgan fingerprint density at radius 3 is 2.14 bits per heavy atom. The van der Waals surface area contributed by atoms with E-state index in [9.17, 15) is 4.39 Å². The molecule has 0 heterocycles. The van der Waals surface area contributed by atoms with Crippen molar-refractivity contribution in [1.82, 2.24) is 4.90 Å². The van der Waals surface area contributed by atoms with Crippen molar-refractivity contribution < 1.29 is 19.2 Å². The second-order valence-corrected chi connectivity index (χ2v) is 7.11. The van der Waals surface area contributed by atoms with Gasteiger partial charge in [-0.15, -0.1) is 0 Å². The second-order valence-electron chi connectivity index (χ2n) is 7.11. The number of rotatable bonds is 9. The summed E-state index contributed by atoms with van der Waals surface area (Å²) in [5.74, 6) is -0.340. The molecule has 3 aromatic rings. The molecule has 0 aromatic heterocycles. The van der Waals surface area contributed by atoms with E-state index < -0.39 is 12.9 Å². The first-order valence-electron chi connectivity index (χ1n) is 9.59. The first-order valence-corrected chi connectivity index (χ1v) is 9.59. The van der Waals surface area contributed by atoms with E-state index in [1.165, 1.54) is 23.3 Å². The first-order chi connectivity index (χ1) is 14.0. The van der Waals surface area contributed by atoms with Gasteiger partial charge in [-0.2, -0.15) is 0 Å². The highest BCUT2D eigenvalue weighted by Crippen LogP contribution is 2.16. The van der Waals surface area contributed by atoms with Crippen molar-refractivity contribution >= 4 is 12.6 Å². The van der Waals surface area contributed by atoms with Crippen LogP contribution in [0.2, 0.25) is 0 Å². The van der Waals surface area contributed by atoms with E-state index in [-0.39, 0.29) is 11.5 Å². The summed E-state index contributed by atoms with van der Waals surface area (Å²) in [6.07, 6.45) is 0.792. The maximum absolute atomic E-state index is 14.0. The van der Waals surface area contributed by atoms with Crippen molar-refractivity contribution in [3.8, 4) is 5.75 Å². The van der Waals surface area contributed by atoms with Gasteiger partial charge in [-0.05, 0) is 30.7 Å². The summed E-state index contributed by atoms with van der Waals surface area (Å²) in [7, 11) is 0.211. The Labute approximate surface area is 171 Å². The smallest absolute Gasteiger partial charge is 0.491 e. The summed E-state index contributed by atoms with van der Waals surface area (Å²) in [5, 5.41) is 18.3. The number of hydrogen-bond donors (Lipinski definition) is 2. The van der Waals surface area contributed by atoms with Crippen LogP contribution in [0.3, 0.4) is 0 Å². The molecule has 0 unspecified atom stereocenters. The Morgan fingerprint density at radius 1 is 0.931 bits per heavy atom. The summed E-state index contributed by atoms with van der Waals surface area (Å²) in [6, 6.07) is 24.5. The molecule has 0 aliphatic heterocycles. The minimum atomic E-state index is -1.84. The van der Waals surface area contributed by atoms with Gasteiger partial charge in [0, 0.05) is 24.1 Å². The molecular weight excluding hydrogens is 368 g/mol. The average Bonchev–Trinajstić information content (AvgIpc) is 2.72. The van der Waals surface area contributed by atoms with Crippen LogP contribution in [0.5, 0.6) is 5.75 Å². The zero-order valence-electron chi connectivity index (χ0n) is 16.4. The molecule has 2 N–H and O–H groups in total. The molecule has 29 heavy (non-hydrogen) atoms. The van der Waals surface area contributed by atoms with Crippen molar-refractivity contribution in [2.24, 2.45) is 0 Å². The molecule has 4 nitrogen and oxygen atoms in total.